The second kappa shape index (κ2) is 6.68. The zero-order valence-corrected chi connectivity index (χ0v) is 11.3. The number of ether oxygens (including phenoxy) is 1. The zero-order chi connectivity index (χ0) is 13.7. The topological polar surface area (TPSA) is 49.8 Å². The van der Waals surface area contributed by atoms with Crippen LogP contribution in [0.2, 0.25) is 0 Å². The van der Waals surface area contributed by atoms with Crippen molar-refractivity contribution in [2.45, 2.75) is 26.0 Å². The van der Waals surface area contributed by atoms with Gasteiger partial charge >= 0.3 is 5.97 Å². The van der Waals surface area contributed by atoms with Gasteiger partial charge in [0.05, 0.1) is 12.5 Å². The van der Waals surface area contributed by atoms with Crippen LogP contribution in [0.15, 0.2) is 24.3 Å². The predicted molar refractivity (Wildman–Crippen MR) is 72.8 cm³/mol. The Bertz CT molecular complexity index is 425. The fraction of sp³-hybridized carbons (Fsp3) is 0.533. The third-order valence-electron chi connectivity index (χ3n) is 3.75. The van der Waals surface area contributed by atoms with Crippen LogP contribution in [-0.2, 0) is 22.7 Å². The van der Waals surface area contributed by atoms with Crippen LogP contribution in [-0.4, -0.2) is 36.2 Å². The van der Waals surface area contributed by atoms with Crippen LogP contribution in [0.1, 0.15) is 24.0 Å². The summed E-state index contributed by atoms with van der Waals surface area (Å²) in [6, 6.07) is 8.27. The molecule has 1 heterocycles. The van der Waals surface area contributed by atoms with Gasteiger partial charge < -0.3 is 9.84 Å². The Kier molecular flexibility index (Phi) is 4.93. The number of carboxylic acids is 1. The Morgan fingerprint density at radius 1 is 1.32 bits per heavy atom. The van der Waals surface area contributed by atoms with Crippen molar-refractivity contribution < 1.29 is 14.6 Å². The SMILES string of the molecule is COCc1ccccc1CN1CCC(C(=O)O)CC1. The molecule has 0 aromatic heterocycles. The van der Waals surface area contributed by atoms with Crippen molar-refractivity contribution in [1.82, 2.24) is 4.90 Å². The number of piperidine rings is 1. The molecule has 104 valence electrons. The lowest BCUT2D eigenvalue weighted by Gasteiger charge is -2.30. The van der Waals surface area contributed by atoms with Gasteiger partial charge in [0, 0.05) is 13.7 Å². The number of rotatable bonds is 5. The van der Waals surface area contributed by atoms with Gasteiger partial charge in [-0.3, -0.25) is 9.69 Å². The van der Waals surface area contributed by atoms with Gasteiger partial charge in [0.1, 0.15) is 0 Å². The number of carbonyl (C=O) groups is 1. The highest BCUT2D eigenvalue weighted by molar-refractivity contribution is 5.70. The highest BCUT2D eigenvalue weighted by atomic mass is 16.5. The van der Waals surface area contributed by atoms with Crippen molar-refractivity contribution in [2.75, 3.05) is 20.2 Å². The molecule has 4 heteroatoms. The van der Waals surface area contributed by atoms with Crippen molar-refractivity contribution in [1.29, 1.82) is 0 Å². The van der Waals surface area contributed by atoms with Crippen molar-refractivity contribution in [3.63, 3.8) is 0 Å². The molecule has 1 aromatic carbocycles. The highest BCUT2D eigenvalue weighted by Crippen LogP contribution is 2.20. The molecule has 1 aliphatic rings. The molecule has 2 rings (SSSR count). The van der Waals surface area contributed by atoms with E-state index in [4.69, 9.17) is 9.84 Å². The predicted octanol–water partition coefficient (Wildman–Crippen LogP) is 2.13. The van der Waals surface area contributed by atoms with Crippen LogP contribution < -0.4 is 0 Å². The van der Waals surface area contributed by atoms with E-state index in [1.165, 1.54) is 11.1 Å². The second-order valence-corrected chi connectivity index (χ2v) is 5.09. The maximum atomic E-state index is 10.9. The lowest BCUT2D eigenvalue weighted by Crippen LogP contribution is -2.36. The second-order valence-electron chi connectivity index (χ2n) is 5.09. The van der Waals surface area contributed by atoms with Crippen LogP contribution in [0.3, 0.4) is 0 Å². The van der Waals surface area contributed by atoms with Crippen LogP contribution in [0.5, 0.6) is 0 Å². The molecule has 19 heavy (non-hydrogen) atoms. The fourth-order valence-corrected chi connectivity index (χ4v) is 2.59. The maximum Gasteiger partial charge on any atom is 0.306 e. The molecule has 1 fully saturated rings. The van der Waals surface area contributed by atoms with Gasteiger partial charge in [-0.05, 0) is 37.1 Å². The number of hydrogen-bond acceptors (Lipinski definition) is 3. The van der Waals surface area contributed by atoms with E-state index < -0.39 is 5.97 Å². The van der Waals surface area contributed by atoms with Gasteiger partial charge in [-0.1, -0.05) is 24.3 Å². The normalized spacial score (nSPS) is 17.5. The largest absolute Gasteiger partial charge is 0.481 e. The standard InChI is InChI=1S/C15H21NO3/c1-19-11-14-5-3-2-4-13(14)10-16-8-6-12(7-9-16)15(17)18/h2-5,12H,6-11H2,1H3,(H,17,18). The number of aliphatic carboxylic acids is 1. The van der Waals surface area contributed by atoms with E-state index in [9.17, 15) is 4.79 Å². The zero-order valence-electron chi connectivity index (χ0n) is 11.3. The molecular weight excluding hydrogens is 242 g/mol. The van der Waals surface area contributed by atoms with Crippen LogP contribution in [0, 0.1) is 5.92 Å². The summed E-state index contributed by atoms with van der Waals surface area (Å²) in [4.78, 5) is 13.3. The van der Waals surface area contributed by atoms with Crippen molar-refractivity contribution >= 4 is 5.97 Å². The van der Waals surface area contributed by atoms with Gasteiger partial charge in [-0.15, -0.1) is 0 Å². The summed E-state index contributed by atoms with van der Waals surface area (Å²) in [7, 11) is 1.70. The van der Waals surface area contributed by atoms with E-state index in [0.29, 0.717) is 6.61 Å². The minimum Gasteiger partial charge on any atom is -0.481 e. The molecule has 0 aliphatic carbocycles. The van der Waals surface area contributed by atoms with Gasteiger partial charge in [-0.2, -0.15) is 0 Å². The van der Waals surface area contributed by atoms with Crippen molar-refractivity contribution in [2.24, 2.45) is 5.92 Å². The maximum absolute atomic E-state index is 10.9. The molecule has 4 nitrogen and oxygen atoms in total. The van der Waals surface area contributed by atoms with Crippen LogP contribution >= 0.6 is 0 Å². The third-order valence-corrected chi connectivity index (χ3v) is 3.75. The number of methoxy groups -OCH3 is 1. The van der Waals surface area contributed by atoms with Crippen LogP contribution in [0.25, 0.3) is 0 Å². The van der Waals surface area contributed by atoms with Crippen molar-refractivity contribution in [3.05, 3.63) is 35.4 Å². The Labute approximate surface area is 114 Å². The number of likely N-dealkylation sites (tertiary alicyclic amines) is 1. The highest BCUT2D eigenvalue weighted by Gasteiger charge is 2.24. The van der Waals surface area contributed by atoms with Gasteiger partial charge in [-0.25, -0.2) is 0 Å². The van der Waals surface area contributed by atoms with E-state index in [2.05, 4.69) is 17.0 Å². The van der Waals surface area contributed by atoms with Crippen LogP contribution in [0.4, 0.5) is 0 Å². The lowest BCUT2D eigenvalue weighted by atomic mass is 9.96. The minimum atomic E-state index is -0.653. The smallest absolute Gasteiger partial charge is 0.306 e. The third kappa shape index (κ3) is 3.78. The molecular formula is C15H21NO3. The van der Waals surface area contributed by atoms with Gasteiger partial charge in [0.2, 0.25) is 0 Å². The number of carboxylic acid groups (broad SMARTS) is 1. The first-order valence-corrected chi connectivity index (χ1v) is 6.71. The van der Waals surface area contributed by atoms with E-state index >= 15 is 0 Å². The summed E-state index contributed by atoms with van der Waals surface area (Å²) in [5, 5.41) is 8.99. The Hall–Kier alpha value is -1.39. The molecule has 0 bridgehead atoms. The summed E-state index contributed by atoms with van der Waals surface area (Å²) in [5.74, 6) is -0.815. The molecule has 0 radical (unpaired) electrons. The van der Waals surface area contributed by atoms with E-state index in [-0.39, 0.29) is 5.92 Å². The molecule has 0 atom stereocenters. The molecule has 0 unspecified atom stereocenters. The van der Waals surface area contributed by atoms with E-state index in [0.717, 1.165) is 32.5 Å². The number of benzene rings is 1. The minimum absolute atomic E-state index is 0.162. The summed E-state index contributed by atoms with van der Waals surface area (Å²) >= 11 is 0. The molecule has 0 amide bonds. The quantitative estimate of drug-likeness (QED) is 0.884. The van der Waals surface area contributed by atoms with Crippen molar-refractivity contribution in [3.8, 4) is 0 Å². The monoisotopic (exact) mass is 263 g/mol. The summed E-state index contributed by atoms with van der Waals surface area (Å²) in [5.41, 5.74) is 2.49. The van der Waals surface area contributed by atoms with E-state index in [1.807, 2.05) is 12.1 Å². The summed E-state index contributed by atoms with van der Waals surface area (Å²) < 4.78 is 5.21. The molecule has 0 saturated carbocycles. The van der Waals surface area contributed by atoms with Gasteiger partial charge in [0.25, 0.3) is 0 Å². The first-order chi connectivity index (χ1) is 9.20. The molecule has 1 N–H and O–H groups in total. The Morgan fingerprint density at radius 2 is 1.95 bits per heavy atom. The average Bonchev–Trinajstić information content (AvgIpc) is 2.42. The molecule has 1 aliphatic heterocycles. The molecule has 1 saturated heterocycles. The first kappa shape index (κ1) is 14.0. The summed E-state index contributed by atoms with van der Waals surface area (Å²) in [6.07, 6.45) is 1.50. The molecule has 1 aromatic rings. The average molecular weight is 263 g/mol. The van der Waals surface area contributed by atoms with E-state index in [1.54, 1.807) is 7.11 Å². The number of nitrogens with zero attached hydrogens (tertiary/aromatic N) is 1. The Balaban J connectivity index is 1.93. The van der Waals surface area contributed by atoms with Gasteiger partial charge in [0.15, 0.2) is 0 Å². The Morgan fingerprint density at radius 3 is 2.53 bits per heavy atom. The molecule has 0 spiro atoms. The number of hydrogen-bond donors (Lipinski definition) is 1. The summed E-state index contributed by atoms with van der Waals surface area (Å²) in [6.45, 7) is 3.23. The lowest BCUT2D eigenvalue weighted by molar-refractivity contribution is -0.143. The first-order valence-electron chi connectivity index (χ1n) is 6.71. The fourth-order valence-electron chi connectivity index (χ4n) is 2.59.